The van der Waals surface area contributed by atoms with E-state index in [2.05, 4.69) is 10.2 Å². The second kappa shape index (κ2) is 4.28. The largest absolute Gasteiger partial charge is 0.368 e. The summed E-state index contributed by atoms with van der Waals surface area (Å²) in [6.07, 6.45) is -0.339. The Balaban J connectivity index is 2.54. The van der Waals surface area contributed by atoms with Crippen molar-refractivity contribution in [2.75, 3.05) is 0 Å². The molecule has 17 heavy (non-hydrogen) atoms. The number of alkyl halides is 2. The normalized spacial score (nSPS) is 18.1. The summed E-state index contributed by atoms with van der Waals surface area (Å²) in [7, 11) is -5.13. The molecule has 1 aromatic heterocycles. The van der Waals surface area contributed by atoms with Crippen LogP contribution in [0.3, 0.4) is 0 Å². The molecule has 0 N–H and O–H groups in total. The van der Waals surface area contributed by atoms with Gasteiger partial charge in [0.25, 0.3) is 11.6 Å². The minimum absolute atomic E-state index is 0.463. The van der Waals surface area contributed by atoms with Gasteiger partial charge in [-0.3, -0.25) is 4.57 Å². The van der Waals surface area contributed by atoms with E-state index in [0.717, 1.165) is 17.4 Å². The molecule has 96 valence electrons. The highest BCUT2D eigenvalue weighted by molar-refractivity contribution is 7.86. The van der Waals surface area contributed by atoms with Crippen molar-refractivity contribution in [3.05, 3.63) is 5.82 Å². The number of halogens is 3. The third-order valence-corrected chi connectivity index (χ3v) is 3.51. The van der Waals surface area contributed by atoms with Gasteiger partial charge in [0.15, 0.2) is 0 Å². The fourth-order valence-corrected chi connectivity index (χ4v) is 2.72. The number of hydrogen-bond acceptors (Lipinski definition) is 4. The Morgan fingerprint density at radius 2 is 1.82 bits per heavy atom. The third kappa shape index (κ3) is 2.28. The molecule has 1 heterocycles. The van der Waals surface area contributed by atoms with Crippen LogP contribution in [0.5, 0.6) is 0 Å². The lowest BCUT2D eigenvalue weighted by Gasteiger charge is -2.14. The molecule has 0 spiro atoms. The van der Waals surface area contributed by atoms with Crippen LogP contribution < -0.4 is 0 Å². The second-order valence-electron chi connectivity index (χ2n) is 3.89. The first-order valence-corrected chi connectivity index (χ1v) is 6.47. The van der Waals surface area contributed by atoms with Crippen LogP contribution in [0.4, 0.5) is 12.7 Å². The Morgan fingerprint density at radius 1 is 1.24 bits per heavy atom. The summed E-state index contributed by atoms with van der Waals surface area (Å²) in [5.74, 6) is -0.784. The van der Waals surface area contributed by atoms with Gasteiger partial charge in [-0.15, -0.1) is 10.2 Å². The van der Waals surface area contributed by atoms with Crippen LogP contribution in [0.15, 0.2) is 5.16 Å². The van der Waals surface area contributed by atoms with Gasteiger partial charge in [-0.1, -0.05) is 16.7 Å². The van der Waals surface area contributed by atoms with Crippen LogP contribution in [0.25, 0.3) is 0 Å². The molecule has 5 nitrogen and oxygen atoms in total. The van der Waals surface area contributed by atoms with Crippen molar-refractivity contribution >= 4 is 10.2 Å². The molecule has 0 atom stereocenters. The van der Waals surface area contributed by atoms with Gasteiger partial charge < -0.3 is 0 Å². The monoisotopic (exact) mass is 269 g/mol. The molecule has 0 radical (unpaired) electrons. The minimum Gasteiger partial charge on any atom is -0.292 e. The number of nitrogens with zero attached hydrogens (tertiary/aromatic N) is 3. The zero-order valence-corrected chi connectivity index (χ0v) is 9.50. The highest BCUT2D eigenvalue weighted by Crippen LogP contribution is 2.34. The van der Waals surface area contributed by atoms with Crippen molar-refractivity contribution < 1.29 is 21.1 Å². The molecule has 0 amide bonds. The molecule has 0 saturated heterocycles. The molecule has 1 aromatic rings. The fourth-order valence-electron chi connectivity index (χ4n) is 2.11. The summed E-state index contributed by atoms with van der Waals surface area (Å²) in [5, 5.41) is 5.08. The molecule has 0 bridgehead atoms. The van der Waals surface area contributed by atoms with Gasteiger partial charge in [0, 0.05) is 6.04 Å². The minimum atomic E-state index is -5.13. The average molecular weight is 269 g/mol. The second-order valence-corrected chi connectivity index (χ2v) is 5.13. The van der Waals surface area contributed by atoms with Crippen LogP contribution in [-0.4, -0.2) is 23.2 Å². The van der Waals surface area contributed by atoms with Crippen molar-refractivity contribution in [3.63, 3.8) is 0 Å². The molecule has 0 unspecified atom stereocenters. The van der Waals surface area contributed by atoms with Crippen molar-refractivity contribution in [2.45, 2.75) is 43.3 Å². The molecular weight excluding hydrogens is 259 g/mol. The number of aromatic nitrogens is 3. The van der Waals surface area contributed by atoms with Crippen LogP contribution in [0, 0.1) is 0 Å². The number of hydrogen-bond donors (Lipinski definition) is 0. The first-order chi connectivity index (χ1) is 7.91. The van der Waals surface area contributed by atoms with E-state index in [1.807, 2.05) is 0 Å². The summed E-state index contributed by atoms with van der Waals surface area (Å²) >= 11 is 0. The van der Waals surface area contributed by atoms with E-state index in [0.29, 0.717) is 12.8 Å². The fraction of sp³-hybridized carbons (Fsp3) is 0.750. The van der Waals surface area contributed by atoms with Crippen LogP contribution in [0.1, 0.15) is 44.0 Å². The van der Waals surface area contributed by atoms with Gasteiger partial charge in [-0.2, -0.15) is 8.42 Å². The van der Waals surface area contributed by atoms with Crippen LogP contribution >= 0.6 is 0 Å². The van der Waals surface area contributed by atoms with Gasteiger partial charge in [-0.05, 0) is 12.8 Å². The van der Waals surface area contributed by atoms with E-state index in [1.54, 1.807) is 0 Å². The molecule has 0 aliphatic heterocycles. The van der Waals surface area contributed by atoms with E-state index in [4.69, 9.17) is 0 Å². The molecular formula is C8H10F3N3O2S. The van der Waals surface area contributed by atoms with Crippen molar-refractivity contribution in [3.8, 4) is 0 Å². The van der Waals surface area contributed by atoms with Crippen LogP contribution in [0.2, 0.25) is 0 Å². The van der Waals surface area contributed by atoms with Crippen LogP contribution in [-0.2, 0) is 10.2 Å². The van der Waals surface area contributed by atoms with Crippen molar-refractivity contribution in [2.24, 2.45) is 0 Å². The van der Waals surface area contributed by atoms with E-state index >= 15 is 0 Å². The lowest BCUT2D eigenvalue weighted by atomic mass is 10.2. The highest BCUT2D eigenvalue weighted by atomic mass is 32.3. The van der Waals surface area contributed by atoms with Crippen molar-refractivity contribution in [1.29, 1.82) is 0 Å². The predicted octanol–water partition coefficient (Wildman–Crippen LogP) is 1.99. The zero-order chi connectivity index (χ0) is 12.6. The maximum absolute atomic E-state index is 12.9. The SMILES string of the molecule is O=S(=O)(F)c1nnc(C(F)F)n1C1CCCC1. The quantitative estimate of drug-likeness (QED) is 0.787. The molecule has 1 saturated carbocycles. The van der Waals surface area contributed by atoms with Gasteiger partial charge in [-0.25, -0.2) is 8.78 Å². The van der Waals surface area contributed by atoms with E-state index in [9.17, 15) is 21.1 Å². The summed E-state index contributed by atoms with van der Waals surface area (Å²) in [4.78, 5) is 0. The average Bonchev–Trinajstić information content (AvgIpc) is 2.84. The van der Waals surface area contributed by atoms with Gasteiger partial charge in [0.2, 0.25) is 5.82 Å². The van der Waals surface area contributed by atoms with E-state index in [1.165, 1.54) is 0 Å². The third-order valence-electron chi connectivity index (χ3n) is 2.79. The number of rotatable bonds is 3. The first kappa shape index (κ1) is 12.3. The molecule has 2 rings (SSSR count). The maximum Gasteiger partial charge on any atom is 0.368 e. The first-order valence-electron chi connectivity index (χ1n) is 5.09. The summed E-state index contributed by atoms with van der Waals surface area (Å²) in [6.45, 7) is 0. The van der Waals surface area contributed by atoms with E-state index in [-0.39, 0.29) is 0 Å². The lowest BCUT2D eigenvalue weighted by molar-refractivity contribution is 0.131. The maximum atomic E-state index is 12.9. The highest BCUT2D eigenvalue weighted by Gasteiger charge is 2.33. The summed E-state index contributed by atoms with van der Waals surface area (Å²) in [5.41, 5.74) is 0. The standard InChI is InChI=1S/C8H10F3N3O2S/c9-6(10)7-12-13-8(17(11,15)16)14(7)5-3-1-2-4-5/h5-6H,1-4H2. The summed E-state index contributed by atoms with van der Waals surface area (Å²) < 4.78 is 60.6. The summed E-state index contributed by atoms with van der Waals surface area (Å²) in [6, 6.07) is -0.463. The smallest absolute Gasteiger partial charge is 0.292 e. The molecule has 1 aliphatic carbocycles. The molecule has 1 aliphatic rings. The lowest BCUT2D eigenvalue weighted by Crippen LogP contribution is -2.14. The van der Waals surface area contributed by atoms with Gasteiger partial charge in [0.05, 0.1) is 0 Å². The zero-order valence-electron chi connectivity index (χ0n) is 8.68. The van der Waals surface area contributed by atoms with Crippen molar-refractivity contribution in [1.82, 2.24) is 14.8 Å². The predicted molar refractivity (Wildman–Crippen MR) is 50.8 cm³/mol. The topological polar surface area (TPSA) is 64.8 Å². The molecule has 9 heteroatoms. The Morgan fingerprint density at radius 3 is 2.29 bits per heavy atom. The Hall–Kier alpha value is -1.12. The Labute approximate surface area is 95.9 Å². The van der Waals surface area contributed by atoms with Gasteiger partial charge in [0.1, 0.15) is 0 Å². The Bertz CT molecular complexity index is 508. The van der Waals surface area contributed by atoms with Gasteiger partial charge >= 0.3 is 10.2 Å². The molecule has 1 fully saturated rings. The Kier molecular flexibility index (Phi) is 3.11. The molecule has 0 aromatic carbocycles. The van der Waals surface area contributed by atoms with E-state index < -0.39 is 33.7 Å².